The van der Waals surface area contributed by atoms with E-state index in [-0.39, 0.29) is 17.5 Å². The number of piperidine rings is 2. The molecule has 2 aromatic rings. The van der Waals surface area contributed by atoms with Gasteiger partial charge in [-0.1, -0.05) is 24.6 Å². The number of furan rings is 1. The molecule has 2 saturated heterocycles. The van der Waals surface area contributed by atoms with E-state index in [4.69, 9.17) is 4.42 Å². The number of hydrogen-bond donors (Lipinski definition) is 1. The molecular formula is C24H29N3O3. The second-order valence-corrected chi connectivity index (χ2v) is 8.01. The van der Waals surface area contributed by atoms with Crippen LogP contribution in [0.3, 0.4) is 0 Å². The fourth-order valence-corrected chi connectivity index (χ4v) is 4.34. The second kappa shape index (κ2) is 9.76. The van der Waals surface area contributed by atoms with E-state index in [1.165, 1.54) is 32.4 Å². The third kappa shape index (κ3) is 5.00. The normalized spacial score (nSPS) is 18.9. The first-order valence-electron chi connectivity index (χ1n) is 10.9. The first-order chi connectivity index (χ1) is 14.7. The van der Waals surface area contributed by atoms with Gasteiger partial charge in [-0.3, -0.25) is 9.59 Å². The van der Waals surface area contributed by atoms with Crippen LogP contribution in [0.5, 0.6) is 0 Å². The van der Waals surface area contributed by atoms with Crippen molar-refractivity contribution in [2.24, 2.45) is 0 Å². The van der Waals surface area contributed by atoms with Crippen LogP contribution in [0.4, 0.5) is 0 Å². The number of hydrogen-bond acceptors (Lipinski definition) is 4. The van der Waals surface area contributed by atoms with E-state index < -0.39 is 0 Å². The molecule has 4 rings (SSSR count). The zero-order valence-electron chi connectivity index (χ0n) is 17.3. The summed E-state index contributed by atoms with van der Waals surface area (Å²) >= 11 is 0. The van der Waals surface area contributed by atoms with Gasteiger partial charge in [0.15, 0.2) is 0 Å². The summed E-state index contributed by atoms with van der Waals surface area (Å²) in [5.74, 6) is 0.0765. The molecule has 0 aliphatic carbocycles. The van der Waals surface area contributed by atoms with Crippen molar-refractivity contribution in [1.82, 2.24) is 15.1 Å². The van der Waals surface area contributed by atoms with Crippen LogP contribution in [0.1, 0.15) is 48.2 Å². The molecule has 0 unspecified atom stereocenters. The van der Waals surface area contributed by atoms with Crippen LogP contribution in [0, 0.1) is 0 Å². The molecule has 6 heteroatoms. The molecule has 30 heavy (non-hydrogen) atoms. The SMILES string of the molecule is O=C(N/C(=C/c1ccco1)C(=O)N1CCC(N2CCCCC2)CC1)c1ccccc1. The summed E-state index contributed by atoms with van der Waals surface area (Å²) in [7, 11) is 0. The van der Waals surface area contributed by atoms with Crippen molar-refractivity contribution in [2.75, 3.05) is 26.2 Å². The number of likely N-dealkylation sites (tertiary alicyclic amines) is 2. The molecule has 1 aromatic carbocycles. The number of benzene rings is 1. The van der Waals surface area contributed by atoms with Crippen LogP contribution < -0.4 is 5.32 Å². The van der Waals surface area contributed by atoms with E-state index in [1.807, 2.05) is 11.0 Å². The minimum absolute atomic E-state index is 0.159. The summed E-state index contributed by atoms with van der Waals surface area (Å²) in [4.78, 5) is 30.4. The topological polar surface area (TPSA) is 65.8 Å². The van der Waals surface area contributed by atoms with Crippen LogP contribution in [0.15, 0.2) is 58.8 Å². The minimum Gasteiger partial charge on any atom is -0.465 e. The number of amides is 2. The van der Waals surface area contributed by atoms with Crippen molar-refractivity contribution >= 4 is 17.9 Å². The van der Waals surface area contributed by atoms with Gasteiger partial charge in [-0.05, 0) is 63.0 Å². The predicted molar refractivity (Wildman–Crippen MR) is 116 cm³/mol. The number of nitrogens with zero attached hydrogens (tertiary/aromatic N) is 2. The summed E-state index contributed by atoms with van der Waals surface area (Å²) < 4.78 is 5.38. The van der Waals surface area contributed by atoms with Crippen molar-refractivity contribution < 1.29 is 14.0 Å². The van der Waals surface area contributed by atoms with Gasteiger partial charge in [-0.2, -0.15) is 0 Å². The number of carbonyl (C=O) groups excluding carboxylic acids is 2. The van der Waals surface area contributed by atoms with Crippen molar-refractivity contribution in [1.29, 1.82) is 0 Å². The summed E-state index contributed by atoms with van der Waals surface area (Å²) in [6.45, 7) is 3.76. The van der Waals surface area contributed by atoms with Gasteiger partial charge in [-0.25, -0.2) is 0 Å². The lowest BCUT2D eigenvalue weighted by Gasteiger charge is -2.40. The van der Waals surface area contributed by atoms with Crippen molar-refractivity contribution in [3.05, 3.63) is 65.7 Å². The van der Waals surface area contributed by atoms with E-state index in [9.17, 15) is 9.59 Å². The first kappa shape index (κ1) is 20.4. The molecule has 2 aliphatic rings. The molecule has 2 amide bonds. The molecule has 0 saturated carbocycles. The molecule has 0 radical (unpaired) electrons. The average molecular weight is 408 g/mol. The Bertz CT molecular complexity index is 862. The molecule has 2 fully saturated rings. The van der Waals surface area contributed by atoms with Gasteiger partial charge >= 0.3 is 0 Å². The smallest absolute Gasteiger partial charge is 0.270 e. The molecule has 1 aromatic heterocycles. The Hall–Kier alpha value is -2.86. The van der Waals surface area contributed by atoms with Gasteiger partial charge < -0.3 is 19.5 Å². The zero-order chi connectivity index (χ0) is 20.8. The quantitative estimate of drug-likeness (QED) is 0.770. The lowest BCUT2D eigenvalue weighted by molar-refractivity contribution is -0.129. The highest BCUT2D eigenvalue weighted by molar-refractivity contribution is 6.05. The van der Waals surface area contributed by atoms with Crippen LogP contribution >= 0.6 is 0 Å². The van der Waals surface area contributed by atoms with Gasteiger partial charge in [0.25, 0.3) is 11.8 Å². The molecular weight excluding hydrogens is 378 g/mol. The van der Waals surface area contributed by atoms with Crippen LogP contribution in [-0.4, -0.2) is 53.8 Å². The van der Waals surface area contributed by atoms with Crippen LogP contribution in [-0.2, 0) is 4.79 Å². The maximum atomic E-state index is 13.3. The fourth-order valence-electron chi connectivity index (χ4n) is 4.34. The van der Waals surface area contributed by atoms with Crippen LogP contribution in [0.2, 0.25) is 0 Å². The largest absolute Gasteiger partial charge is 0.465 e. The Kier molecular flexibility index (Phi) is 6.64. The monoisotopic (exact) mass is 407 g/mol. The fraction of sp³-hybridized carbons (Fsp3) is 0.417. The first-order valence-corrected chi connectivity index (χ1v) is 10.9. The maximum absolute atomic E-state index is 13.3. The number of carbonyl (C=O) groups is 2. The minimum atomic E-state index is -0.301. The molecule has 3 heterocycles. The van der Waals surface area contributed by atoms with Crippen LogP contribution in [0.25, 0.3) is 6.08 Å². The van der Waals surface area contributed by atoms with Crippen molar-refractivity contribution in [3.8, 4) is 0 Å². The summed E-state index contributed by atoms with van der Waals surface area (Å²) in [6, 6.07) is 13.0. The highest BCUT2D eigenvalue weighted by Crippen LogP contribution is 2.22. The van der Waals surface area contributed by atoms with E-state index in [1.54, 1.807) is 48.7 Å². The second-order valence-electron chi connectivity index (χ2n) is 8.01. The summed E-state index contributed by atoms with van der Waals surface area (Å²) in [5.41, 5.74) is 0.759. The Morgan fingerprint density at radius 3 is 2.33 bits per heavy atom. The zero-order valence-corrected chi connectivity index (χ0v) is 17.3. The Morgan fingerprint density at radius 1 is 0.933 bits per heavy atom. The van der Waals surface area contributed by atoms with Gasteiger partial charge in [0.05, 0.1) is 6.26 Å². The Morgan fingerprint density at radius 2 is 1.67 bits per heavy atom. The molecule has 2 aliphatic heterocycles. The van der Waals surface area contributed by atoms with E-state index in [0.717, 1.165) is 12.8 Å². The summed E-state index contributed by atoms with van der Waals surface area (Å²) in [5, 5.41) is 2.80. The lowest BCUT2D eigenvalue weighted by atomic mass is 9.99. The Labute approximate surface area is 177 Å². The average Bonchev–Trinajstić information content (AvgIpc) is 3.32. The number of rotatable bonds is 5. The van der Waals surface area contributed by atoms with E-state index in [2.05, 4.69) is 10.2 Å². The van der Waals surface area contributed by atoms with Crippen molar-refractivity contribution in [3.63, 3.8) is 0 Å². The molecule has 0 spiro atoms. The predicted octanol–water partition coefficient (Wildman–Crippen LogP) is 3.53. The standard InChI is InChI=1S/C24H29N3O3/c28-23(19-8-3-1-4-9-19)25-22(18-21-10-7-17-30-21)24(29)27-15-11-20(12-16-27)26-13-5-2-6-14-26/h1,3-4,7-10,17-18,20H,2,5-6,11-16H2,(H,25,28)/b22-18+. The Balaban J connectivity index is 1.44. The van der Waals surface area contributed by atoms with Crippen molar-refractivity contribution in [2.45, 2.75) is 38.1 Å². The highest BCUT2D eigenvalue weighted by atomic mass is 16.3. The van der Waals surface area contributed by atoms with E-state index >= 15 is 0 Å². The third-order valence-corrected chi connectivity index (χ3v) is 6.00. The lowest BCUT2D eigenvalue weighted by Crippen LogP contribution is -2.49. The van der Waals surface area contributed by atoms with Gasteiger partial charge in [0.2, 0.25) is 0 Å². The molecule has 0 atom stereocenters. The van der Waals surface area contributed by atoms with Gasteiger partial charge in [-0.15, -0.1) is 0 Å². The summed E-state index contributed by atoms with van der Waals surface area (Å²) in [6.07, 6.45) is 9.01. The van der Waals surface area contributed by atoms with Gasteiger partial charge in [0.1, 0.15) is 11.5 Å². The highest BCUT2D eigenvalue weighted by Gasteiger charge is 2.29. The third-order valence-electron chi connectivity index (χ3n) is 6.00. The molecule has 158 valence electrons. The molecule has 0 bridgehead atoms. The molecule has 1 N–H and O–H groups in total. The van der Waals surface area contributed by atoms with E-state index in [0.29, 0.717) is 30.5 Å². The van der Waals surface area contributed by atoms with Gasteiger partial charge in [0, 0.05) is 30.8 Å². The maximum Gasteiger partial charge on any atom is 0.270 e. The molecule has 6 nitrogen and oxygen atoms in total. The number of nitrogens with one attached hydrogen (secondary N) is 1.